The third-order valence-electron chi connectivity index (χ3n) is 5.49. The fourth-order valence-electron chi connectivity index (χ4n) is 3.89. The Morgan fingerprint density at radius 2 is 1.89 bits per heavy atom. The lowest BCUT2D eigenvalue weighted by atomic mass is 9.91. The Balaban J connectivity index is 1.53. The molecule has 0 radical (unpaired) electrons. The highest BCUT2D eigenvalue weighted by Crippen LogP contribution is 2.27. The predicted molar refractivity (Wildman–Crippen MR) is 107 cm³/mol. The lowest BCUT2D eigenvalue weighted by Crippen LogP contribution is -2.38. The lowest BCUT2D eigenvalue weighted by molar-refractivity contribution is 0.273. The summed E-state index contributed by atoms with van der Waals surface area (Å²) in [5.41, 5.74) is 1.21. The van der Waals surface area contributed by atoms with Crippen LogP contribution < -0.4 is 5.56 Å². The molecule has 4 rings (SSSR count). The summed E-state index contributed by atoms with van der Waals surface area (Å²) in [6, 6.07) is 11.8. The quantitative estimate of drug-likeness (QED) is 0.711. The molecule has 3 heterocycles. The minimum absolute atomic E-state index is 0.155. The number of hydrogen-bond donors (Lipinski definition) is 1. The highest BCUT2D eigenvalue weighted by Gasteiger charge is 2.30. The smallest absolute Gasteiger partial charge is 0.288 e. The summed E-state index contributed by atoms with van der Waals surface area (Å²) in [4.78, 5) is 12.2. The van der Waals surface area contributed by atoms with E-state index in [4.69, 9.17) is 0 Å². The Hall–Kier alpha value is -2.45. The van der Waals surface area contributed by atoms with E-state index in [1.54, 1.807) is 4.40 Å². The number of nitrogens with one attached hydrogen (secondary N) is 1. The number of nitrogens with zero attached hydrogens (tertiary/aromatic N) is 3. The molecule has 0 aliphatic carbocycles. The first kappa shape index (κ1) is 18.9. The van der Waals surface area contributed by atoms with E-state index in [2.05, 4.69) is 22.3 Å². The molecule has 0 bridgehead atoms. The maximum atomic E-state index is 13.1. The molecule has 1 aromatic carbocycles. The molecule has 1 N–H and O–H groups in total. The van der Waals surface area contributed by atoms with Crippen LogP contribution in [-0.4, -0.2) is 40.4 Å². The number of aryl methyl sites for hydroxylation is 1. The molecule has 28 heavy (non-hydrogen) atoms. The standard InChI is InChI=1S/C20H24N4O3S/c1-2-19-21-22-20(25)18-13-17(14-24(18)19)28(26,27)23-10-8-16(9-11-23)12-15-6-4-3-5-7-15/h3-7,13-14,16H,2,8-12H2,1H3,(H,22,25). The maximum absolute atomic E-state index is 13.1. The van der Waals surface area contributed by atoms with Gasteiger partial charge in [-0.15, -0.1) is 0 Å². The van der Waals surface area contributed by atoms with Crippen molar-refractivity contribution in [2.45, 2.75) is 37.5 Å². The number of aromatic nitrogens is 3. The Morgan fingerprint density at radius 3 is 2.57 bits per heavy atom. The van der Waals surface area contributed by atoms with Crippen molar-refractivity contribution in [2.24, 2.45) is 5.92 Å². The maximum Gasteiger partial charge on any atom is 0.288 e. The van der Waals surface area contributed by atoms with Crippen LogP contribution in [0, 0.1) is 5.92 Å². The van der Waals surface area contributed by atoms with Gasteiger partial charge >= 0.3 is 0 Å². The van der Waals surface area contributed by atoms with Crippen molar-refractivity contribution in [1.82, 2.24) is 18.9 Å². The molecule has 0 saturated carbocycles. The molecule has 8 heteroatoms. The second-order valence-electron chi connectivity index (χ2n) is 7.29. The molecule has 0 amide bonds. The molecule has 7 nitrogen and oxygen atoms in total. The second kappa shape index (κ2) is 7.52. The summed E-state index contributed by atoms with van der Waals surface area (Å²) in [6.45, 7) is 2.91. The van der Waals surface area contributed by atoms with Gasteiger partial charge in [-0.1, -0.05) is 37.3 Å². The molecule has 3 aromatic rings. The Labute approximate surface area is 164 Å². The van der Waals surface area contributed by atoms with Gasteiger partial charge in [-0.05, 0) is 36.8 Å². The van der Waals surface area contributed by atoms with E-state index in [0.29, 0.717) is 36.8 Å². The largest absolute Gasteiger partial charge is 0.297 e. The van der Waals surface area contributed by atoms with Crippen LogP contribution in [0.2, 0.25) is 0 Å². The fourth-order valence-corrected chi connectivity index (χ4v) is 5.38. The van der Waals surface area contributed by atoms with Gasteiger partial charge in [-0.2, -0.15) is 9.40 Å². The summed E-state index contributed by atoms with van der Waals surface area (Å²) < 4.78 is 29.3. The molecule has 2 aromatic heterocycles. The highest BCUT2D eigenvalue weighted by molar-refractivity contribution is 7.89. The molecular formula is C20H24N4O3S. The topological polar surface area (TPSA) is 87.5 Å². The van der Waals surface area contributed by atoms with Gasteiger partial charge in [0.15, 0.2) is 0 Å². The summed E-state index contributed by atoms with van der Waals surface area (Å²) in [5.74, 6) is 1.11. The third kappa shape index (κ3) is 3.49. The fraction of sp³-hybridized carbons (Fsp3) is 0.400. The first-order valence-corrected chi connectivity index (χ1v) is 11.1. The van der Waals surface area contributed by atoms with Crippen molar-refractivity contribution in [2.75, 3.05) is 13.1 Å². The Morgan fingerprint density at radius 1 is 1.18 bits per heavy atom. The van der Waals surface area contributed by atoms with E-state index in [1.165, 1.54) is 22.1 Å². The number of aromatic amines is 1. The number of rotatable bonds is 5. The molecule has 0 spiro atoms. The van der Waals surface area contributed by atoms with E-state index in [-0.39, 0.29) is 10.5 Å². The molecule has 0 atom stereocenters. The van der Waals surface area contributed by atoms with E-state index in [9.17, 15) is 13.2 Å². The van der Waals surface area contributed by atoms with Crippen molar-refractivity contribution in [3.05, 3.63) is 64.3 Å². The number of piperidine rings is 1. The summed E-state index contributed by atoms with van der Waals surface area (Å²) in [5, 5.41) is 6.43. The minimum atomic E-state index is -3.63. The van der Waals surface area contributed by atoms with E-state index in [0.717, 1.165) is 19.3 Å². The van der Waals surface area contributed by atoms with Gasteiger partial charge in [0.05, 0.1) is 0 Å². The van der Waals surface area contributed by atoms with Crippen molar-refractivity contribution < 1.29 is 8.42 Å². The number of H-pyrrole nitrogens is 1. The number of benzene rings is 1. The minimum Gasteiger partial charge on any atom is -0.297 e. The van der Waals surface area contributed by atoms with Crippen molar-refractivity contribution in [3.8, 4) is 0 Å². The first-order valence-electron chi connectivity index (χ1n) is 9.62. The zero-order valence-corrected chi connectivity index (χ0v) is 16.7. The van der Waals surface area contributed by atoms with Crippen LogP contribution in [0.1, 0.15) is 31.2 Å². The van der Waals surface area contributed by atoms with Gasteiger partial charge < -0.3 is 0 Å². The molecule has 1 aliphatic heterocycles. The van der Waals surface area contributed by atoms with Crippen molar-refractivity contribution in [3.63, 3.8) is 0 Å². The summed E-state index contributed by atoms with van der Waals surface area (Å²) >= 11 is 0. The highest BCUT2D eigenvalue weighted by atomic mass is 32.2. The first-order chi connectivity index (χ1) is 13.5. The van der Waals surface area contributed by atoms with Gasteiger partial charge in [0.25, 0.3) is 5.56 Å². The summed E-state index contributed by atoms with van der Waals surface area (Å²) in [6.07, 6.45) is 4.76. The second-order valence-corrected chi connectivity index (χ2v) is 9.23. The van der Waals surface area contributed by atoms with Crippen molar-refractivity contribution >= 4 is 15.5 Å². The lowest BCUT2D eigenvalue weighted by Gasteiger charge is -2.31. The van der Waals surface area contributed by atoms with Gasteiger partial charge in [0.1, 0.15) is 16.2 Å². The van der Waals surface area contributed by atoms with Crippen LogP contribution in [0.15, 0.2) is 52.3 Å². The summed E-state index contributed by atoms with van der Waals surface area (Å²) in [7, 11) is -3.63. The zero-order chi connectivity index (χ0) is 19.7. The average Bonchev–Trinajstić information content (AvgIpc) is 3.17. The SMILES string of the molecule is CCc1n[nH]c(=O)c2cc(S(=O)(=O)N3CCC(Cc4ccccc4)CC3)cn12. The van der Waals surface area contributed by atoms with Crippen LogP contribution in [0.3, 0.4) is 0 Å². The number of sulfonamides is 1. The van der Waals surface area contributed by atoms with E-state index >= 15 is 0 Å². The van der Waals surface area contributed by atoms with Gasteiger partial charge in [0.2, 0.25) is 10.0 Å². The Bertz CT molecular complexity index is 1130. The normalized spacial score (nSPS) is 16.6. The molecular weight excluding hydrogens is 376 g/mol. The van der Waals surface area contributed by atoms with Gasteiger partial charge in [-0.3, -0.25) is 9.20 Å². The van der Waals surface area contributed by atoms with Crippen LogP contribution >= 0.6 is 0 Å². The van der Waals surface area contributed by atoms with Gasteiger partial charge in [-0.25, -0.2) is 13.5 Å². The van der Waals surface area contributed by atoms with Gasteiger partial charge in [0, 0.05) is 25.7 Å². The molecule has 1 saturated heterocycles. The van der Waals surface area contributed by atoms with Crippen molar-refractivity contribution in [1.29, 1.82) is 0 Å². The molecule has 0 unspecified atom stereocenters. The Kier molecular flexibility index (Phi) is 5.07. The van der Waals surface area contributed by atoms with Crippen LogP contribution in [0.4, 0.5) is 0 Å². The number of fused-ring (bicyclic) bond motifs is 1. The van der Waals surface area contributed by atoms with E-state index < -0.39 is 10.0 Å². The molecule has 1 aliphatic rings. The number of hydrogen-bond acceptors (Lipinski definition) is 4. The predicted octanol–water partition coefficient (Wildman–Crippen LogP) is 2.23. The molecule has 148 valence electrons. The molecule has 1 fully saturated rings. The third-order valence-corrected chi connectivity index (χ3v) is 7.35. The van der Waals surface area contributed by atoms with Crippen LogP contribution in [0.5, 0.6) is 0 Å². The zero-order valence-electron chi connectivity index (χ0n) is 15.8. The monoisotopic (exact) mass is 400 g/mol. The van der Waals surface area contributed by atoms with E-state index in [1.807, 2.05) is 25.1 Å². The van der Waals surface area contributed by atoms with Crippen LogP contribution in [0.25, 0.3) is 5.52 Å². The van der Waals surface area contributed by atoms with Crippen LogP contribution in [-0.2, 0) is 22.9 Å². The average molecular weight is 401 g/mol.